The molecule has 6 nitrogen and oxygen atoms in total. The molecule has 8 heteroatoms. The molecular weight excluding hydrogens is 428 g/mol. The molecular formula is C19H18BrClN6. The molecule has 1 unspecified atom stereocenters. The fraction of sp³-hybridized carbons (Fsp3) is 0.368. The average molecular weight is 446 g/mol. The normalized spacial score (nSPS) is 16.1. The minimum atomic E-state index is -0.0131. The summed E-state index contributed by atoms with van der Waals surface area (Å²) < 4.78 is 2.70. The number of hydrogen-bond acceptors (Lipinski definition) is 4. The van der Waals surface area contributed by atoms with Crippen LogP contribution in [-0.2, 0) is 0 Å². The van der Waals surface area contributed by atoms with Crippen LogP contribution >= 0.6 is 27.5 Å². The summed E-state index contributed by atoms with van der Waals surface area (Å²) in [6.07, 6.45) is 2.45. The summed E-state index contributed by atoms with van der Waals surface area (Å²) in [6.45, 7) is 11.6. The summed E-state index contributed by atoms with van der Waals surface area (Å²) in [4.78, 5) is 16.7. The standard InChI is InChI=1S/C19H18BrClN6/c1-10(12-4-5-12)23-16-15-17(26-19(22-3)25-16)24-18(20)27(15)11(2)13-6-8-14(21)9-7-13/h6-12H,4-5H2,1-2H3,(H,23,25,26)/t10-,11?/m1/s1. The van der Waals surface area contributed by atoms with Crippen LogP contribution in [0.2, 0.25) is 5.02 Å². The van der Waals surface area contributed by atoms with Gasteiger partial charge in [-0.3, -0.25) is 0 Å². The van der Waals surface area contributed by atoms with E-state index in [4.69, 9.17) is 18.2 Å². The van der Waals surface area contributed by atoms with Crippen molar-refractivity contribution < 1.29 is 0 Å². The van der Waals surface area contributed by atoms with Gasteiger partial charge in [0.25, 0.3) is 0 Å². The molecule has 4 rings (SSSR count). The number of fused-ring (bicyclic) bond motifs is 1. The molecule has 1 aliphatic rings. The Labute approximate surface area is 170 Å². The van der Waals surface area contributed by atoms with Gasteiger partial charge in [0.15, 0.2) is 10.3 Å². The number of benzene rings is 1. The van der Waals surface area contributed by atoms with E-state index >= 15 is 0 Å². The molecule has 1 N–H and O–H groups in total. The van der Waals surface area contributed by atoms with Crippen LogP contribution in [0.25, 0.3) is 16.0 Å². The number of rotatable bonds is 5. The molecule has 0 amide bonds. The van der Waals surface area contributed by atoms with Crippen LogP contribution in [-0.4, -0.2) is 25.6 Å². The molecule has 0 saturated heterocycles. The van der Waals surface area contributed by atoms with E-state index in [0.29, 0.717) is 27.1 Å². The van der Waals surface area contributed by atoms with Crippen molar-refractivity contribution in [2.75, 3.05) is 5.32 Å². The molecule has 27 heavy (non-hydrogen) atoms. The molecule has 1 saturated carbocycles. The monoisotopic (exact) mass is 444 g/mol. The van der Waals surface area contributed by atoms with Gasteiger partial charge in [-0.2, -0.15) is 4.98 Å². The zero-order chi connectivity index (χ0) is 19.1. The van der Waals surface area contributed by atoms with Crippen LogP contribution < -0.4 is 5.32 Å². The van der Waals surface area contributed by atoms with E-state index in [-0.39, 0.29) is 18.0 Å². The highest BCUT2D eigenvalue weighted by atomic mass is 79.9. The van der Waals surface area contributed by atoms with Gasteiger partial charge in [-0.15, -0.1) is 16.5 Å². The van der Waals surface area contributed by atoms with Gasteiger partial charge in [0, 0.05) is 11.1 Å². The highest BCUT2D eigenvalue weighted by Crippen LogP contribution is 2.37. The molecule has 0 radical (unpaired) electrons. The number of imidazole rings is 1. The van der Waals surface area contributed by atoms with E-state index in [1.807, 2.05) is 28.8 Å². The number of aromatic nitrogens is 4. The van der Waals surface area contributed by atoms with E-state index in [0.717, 1.165) is 11.1 Å². The SMILES string of the molecule is [C-]#[N+]c1nc(N[C@H](C)C2CC2)c2c(n1)nc(Br)n2C(C)c1ccc(Cl)cc1. The van der Waals surface area contributed by atoms with E-state index in [2.05, 4.69) is 54.9 Å². The van der Waals surface area contributed by atoms with Gasteiger partial charge >= 0.3 is 5.95 Å². The first kappa shape index (κ1) is 18.2. The lowest BCUT2D eigenvalue weighted by Gasteiger charge is -2.18. The zero-order valence-electron chi connectivity index (χ0n) is 14.9. The Bertz CT molecular complexity index is 1040. The third-order valence-corrected chi connectivity index (χ3v) is 5.84. The van der Waals surface area contributed by atoms with Gasteiger partial charge in [-0.1, -0.05) is 23.7 Å². The summed E-state index contributed by atoms with van der Waals surface area (Å²) in [5, 5.41) is 4.19. The first-order valence-corrected chi connectivity index (χ1v) is 10.00. The fourth-order valence-corrected chi connectivity index (χ4v) is 4.07. The third-order valence-electron chi connectivity index (χ3n) is 5.02. The van der Waals surface area contributed by atoms with Crippen molar-refractivity contribution in [2.24, 2.45) is 5.92 Å². The molecule has 1 aliphatic carbocycles. The minimum absolute atomic E-state index is 0.0131. The summed E-state index contributed by atoms with van der Waals surface area (Å²) in [5.74, 6) is 1.41. The van der Waals surface area contributed by atoms with Crippen molar-refractivity contribution in [3.63, 3.8) is 0 Å². The van der Waals surface area contributed by atoms with Gasteiger partial charge in [0.05, 0.1) is 6.04 Å². The second-order valence-corrected chi connectivity index (χ2v) is 8.05. The second kappa shape index (κ2) is 7.10. The van der Waals surface area contributed by atoms with Gasteiger partial charge in [0.2, 0.25) is 11.5 Å². The Balaban J connectivity index is 1.85. The second-order valence-electron chi connectivity index (χ2n) is 6.91. The number of halogens is 2. The first-order valence-electron chi connectivity index (χ1n) is 8.83. The minimum Gasteiger partial charge on any atom is -0.394 e. The van der Waals surface area contributed by atoms with Gasteiger partial charge < -0.3 is 14.7 Å². The van der Waals surface area contributed by atoms with Crippen molar-refractivity contribution >= 4 is 50.5 Å². The van der Waals surface area contributed by atoms with Gasteiger partial charge in [-0.05, 0) is 66.2 Å². The lowest BCUT2D eigenvalue weighted by atomic mass is 10.1. The number of nitrogens with zero attached hydrogens (tertiary/aromatic N) is 5. The van der Waals surface area contributed by atoms with Gasteiger partial charge in [0.1, 0.15) is 0 Å². The van der Waals surface area contributed by atoms with Crippen molar-refractivity contribution in [2.45, 2.75) is 38.8 Å². The Hall–Kier alpha value is -2.17. The van der Waals surface area contributed by atoms with Gasteiger partial charge in [-0.25, -0.2) is 0 Å². The van der Waals surface area contributed by atoms with Crippen molar-refractivity contribution in [3.05, 3.63) is 51.0 Å². The van der Waals surface area contributed by atoms with E-state index in [9.17, 15) is 0 Å². The van der Waals surface area contributed by atoms with Crippen LogP contribution in [0.3, 0.4) is 0 Å². The van der Waals surface area contributed by atoms with Crippen molar-refractivity contribution in [1.29, 1.82) is 0 Å². The summed E-state index contributed by atoms with van der Waals surface area (Å²) in [7, 11) is 0. The number of nitrogens with one attached hydrogen (secondary N) is 1. The molecule has 0 bridgehead atoms. The molecule has 1 fully saturated rings. The largest absolute Gasteiger partial charge is 0.394 e. The van der Waals surface area contributed by atoms with E-state index in [1.165, 1.54) is 12.8 Å². The molecule has 138 valence electrons. The van der Waals surface area contributed by atoms with E-state index < -0.39 is 0 Å². The maximum Gasteiger partial charge on any atom is 0.375 e. The summed E-state index contributed by atoms with van der Waals surface area (Å²) >= 11 is 9.60. The average Bonchev–Trinajstić information content (AvgIpc) is 3.44. The maximum atomic E-state index is 7.31. The highest BCUT2D eigenvalue weighted by molar-refractivity contribution is 9.10. The maximum absolute atomic E-state index is 7.31. The molecule has 1 aromatic carbocycles. The smallest absolute Gasteiger partial charge is 0.375 e. The van der Waals surface area contributed by atoms with Crippen LogP contribution in [0.4, 0.5) is 11.8 Å². The highest BCUT2D eigenvalue weighted by Gasteiger charge is 2.31. The third kappa shape index (κ3) is 3.52. The van der Waals surface area contributed by atoms with Crippen LogP contribution in [0.15, 0.2) is 29.0 Å². The van der Waals surface area contributed by atoms with Crippen molar-refractivity contribution in [1.82, 2.24) is 19.5 Å². The lowest BCUT2D eigenvalue weighted by molar-refractivity contribution is 0.640. The Morgan fingerprint density at radius 2 is 1.93 bits per heavy atom. The van der Waals surface area contributed by atoms with Crippen LogP contribution in [0.1, 0.15) is 38.3 Å². The predicted octanol–water partition coefficient (Wildman–Crippen LogP) is 5.61. The van der Waals surface area contributed by atoms with E-state index in [1.54, 1.807) is 0 Å². The molecule has 2 heterocycles. The molecule has 2 atom stereocenters. The first-order chi connectivity index (χ1) is 13.0. The number of hydrogen-bond donors (Lipinski definition) is 1. The molecule has 3 aromatic rings. The fourth-order valence-electron chi connectivity index (χ4n) is 3.29. The Morgan fingerprint density at radius 1 is 1.22 bits per heavy atom. The summed E-state index contributed by atoms with van der Waals surface area (Å²) in [5.41, 5.74) is 2.40. The number of anilines is 1. The zero-order valence-corrected chi connectivity index (χ0v) is 17.3. The Kier molecular flexibility index (Phi) is 4.79. The quantitative estimate of drug-likeness (QED) is 0.409. The van der Waals surface area contributed by atoms with Crippen LogP contribution in [0.5, 0.6) is 0 Å². The summed E-state index contributed by atoms with van der Waals surface area (Å²) in [6, 6.07) is 8.03. The molecule has 0 spiro atoms. The van der Waals surface area contributed by atoms with Crippen molar-refractivity contribution in [3.8, 4) is 0 Å². The lowest BCUT2D eigenvalue weighted by Crippen LogP contribution is -2.19. The predicted molar refractivity (Wildman–Crippen MR) is 110 cm³/mol. The molecule has 2 aromatic heterocycles. The van der Waals surface area contributed by atoms with Crippen LogP contribution in [0, 0.1) is 12.5 Å². The topological polar surface area (TPSA) is 60.0 Å². The Morgan fingerprint density at radius 3 is 2.56 bits per heavy atom. The molecule has 0 aliphatic heterocycles.